The van der Waals surface area contributed by atoms with Gasteiger partial charge in [-0.2, -0.15) is 13.2 Å². The van der Waals surface area contributed by atoms with Crippen LogP contribution < -0.4 is 11.1 Å². The number of carbonyl (C=O) groups excluding carboxylic acids is 1. The number of fused-ring (bicyclic) bond motifs is 1. The molecular weight excluding hydrogens is 503 g/mol. The zero-order valence-corrected chi connectivity index (χ0v) is 18.6. The summed E-state index contributed by atoms with van der Waals surface area (Å²) in [4.78, 5) is 23.2. The largest absolute Gasteiger partial charge is 0.434 e. The molecule has 0 bridgehead atoms. The molecule has 2 aliphatic rings. The second-order valence-electron chi connectivity index (χ2n) is 7.76. The molecule has 0 spiro atoms. The number of carbonyl (C=O) groups is 1. The molecule has 188 valence electrons. The number of rotatable bonds is 4. The monoisotopic (exact) mass is 520 g/mol. The molecule has 3 atom stereocenters. The fraction of sp³-hybridized carbons (Fsp3) is 0.368. The number of hydrogen-bond acceptors (Lipinski definition) is 8. The van der Waals surface area contributed by atoms with Crippen LogP contribution in [-0.4, -0.2) is 66.2 Å². The maximum absolute atomic E-state index is 15.0. The van der Waals surface area contributed by atoms with Crippen LogP contribution in [0.1, 0.15) is 21.7 Å². The second kappa shape index (κ2) is 8.37. The lowest BCUT2D eigenvalue weighted by atomic mass is 9.86. The molecule has 3 N–H and O–H groups in total. The van der Waals surface area contributed by atoms with Gasteiger partial charge in [0.2, 0.25) is 16.0 Å². The van der Waals surface area contributed by atoms with Crippen LogP contribution in [0.5, 0.6) is 0 Å². The molecular formula is C19H17F5N6O4S. The van der Waals surface area contributed by atoms with E-state index < -0.39 is 75.4 Å². The van der Waals surface area contributed by atoms with Gasteiger partial charge in [0.1, 0.15) is 35.1 Å². The Morgan fingerprint density at radius 1 is 1.31 bits per heavy atom. The number of alkyl halides is 4. The number of anilines is 1. The number of nitrogens with two attached hydrogens (primary N) is 1. The predicted octanol–water partition coefficient (Wildman–Crippen LogP) is 1.41. The molecule has 1 amide bonds. The van der Waals surface area contributed by atoms with E-state index in [2.05, 4.69) is 20.3 Å². The summed E-state index contributed by atoms with van der Waals surface area (Å²) in [5.41, 5.74) is 1.63. The van der Waals surface area contributed by atoms with Crippen molar-refractivity contribution in [3.05, 3.63) is 53.4 Å². The number of aliphatic imine (C=N–C) groups is 1. The van der Waals surface area contributed by atoms with Gasteiger partial charge < -0.3 is 15.8 Å². The van der Waals surface area contributed by atoms with E-state index in [0.717, 1.165) is 25.2 Å². The van der Waals surface area contributed by atoms with Crippen LogP contribution in [0, 0.1) is 5.82 Å². The highest BCUT2D eigenvalue weighted by Gasteiger charge is 2.62. The lowest BCUT2D eigenvalue weighted by Gasteiger charge is -2.39. The molecule has 0 unspecified atom stereocenters. The Morgan fingerprint density at radius 3 is 2.63 bits per heavy atom. The van der Waals surface area contributed by atoms with Crippen LogP contribution in [0.15, 0.2) is 35.6 Å². The van der Waals surface area contributed by atoms with Crippen molar-refractivity contribution in [1.82, 2.24) is 14.3 Å². The average Bonchev–Trinajstić information content (AvgIpc) is 3.19. The molecule has 35 heavy (non-hydrogen) atoms. The van der Waals surface area contributed by atoms with Crippen LogP contribution in [0.25, 0.3) is 0 Å². The maximum atomic E-state index is 15.0. The molecule has 16 heteroatoms. The first-order valence-corrected chi connectivity index (χ1v) is 11.3. The first-order chi connectivity index (χ1) is 16.3. The summed E-state index contributed by atoms with van der Waals surface area (Å²) in [7, 11) is -3.20. The average molecular weight is 520 g/mol. The Morgan fingerprint density at radius 2 is 2.03 bits per heavy atom. The van der Waals surface area contributed by atoms with E-state index in [0.29, 0.717) is 16.7 Å². The van der Waals surface area contributed by atoms with Gasteiger partial charge >= 0.3 is 6.18 Å². The highest BCUT2D eigenvalue weighted by molar-refractivity contribution is 7.90. The van der Waals surface area contributed by atoms with Gasteiger partial charge in [-0.15, -0.1) is 0 Å². The van der Waals surface area contributed by atoms with E-state index in [1.54, 1.807) is 0 Å². The number of nitrogens with one attached hydrogen (secondary N) is 1. The van der Waals surface area contributed by atoms with Gasteiger partial charge in [0, 0.05) is 18.3 Å². The lowest BCUT2D eigenvalue weighted by Crippen LogP contribution is -2.59. The number of benzene rings is 1. The summed E-state index contributed by atoms with van der Waals surface area (Å²) in [6.45, 7) is -1.71. The van der Waals surface area contributed by atoms with Crippen molar-refractivity contribution < 1.29 is 39.9 Å². The first kappa shape index (κ1) is 24.7. The molecule has 2 aliphatic heterocycles. The van der Waals surface area contributed by atoms with Gasteiger partial charge in [0.15, 0.2) is 5.69 Å². The zero-order chi connectivity index (χ0) is 25.8. The fourth-order valence-electron chi connectivity index (χ4n) is 3.96. The quantitative estimate of drug-likeness (QED) is 0.581. The van der Waals surface area contributed by atoms with Gasteiger partial charge in [-0.3, -0.25) is 4.79 Å². The number of aromatic nitrogens is 2. The van der Waals surface area contributed by atoms with Crippen molar-refractivity contribution in [3.8, 4) is 0 Å². The standard InChI is InChI=1S/C19H17F5N6O4S/c1-30-17(25)29-18(8-34-13(5-20)15(18)35(30,32)33)10-4-9(2-3-11(10)21)28-16(31)12-6-27-14(7-26-12)19(22,23)24/h2-4,6-7,13,15H,5,8H2,1H3,(H2,25,29)(H,28,31)/t13-,15-,18-/m1/s1. The van der Waals surface area contributed by atoms with E-state index >= 15 is 4.39 Å². The predicted molar refractivity (Wildman–Crippen MR) is 111 cm³/mol. The number of ether oxygens (including phenoxy) is 1. The Labute approximate surface area is 195 Å². The van der Waals surface area contributed by atoms with Crippen LogP contribution >= 0.6 is 0 Å². The van der Waals surface area contributed by atoms with Crippen molar-refractivity contribution in [3.63, 3.8) is 0 Å². The van der Waals surface area contributed by atoms with Gasteiger partial charge in [0.05, 0.1) is 19.0 Å². The molecule has 1 aromatic carbocycles. The number of nitrogens with zero attached hydrogens (tertiary/aromatic N) is 4. The second-order valence-corrected chi connectivity index (χ2v) is 9.85. The Kier molecular flexibility index (Phi) is 5.91. The van der Waals surface area contributed by atoms with Crippen LogP contribution in [-0.2, 0) is 26.5 Å². The van der Waals surface area contributed by atoms with Gasteiger partial charge in [-0.25, -0.2) is 36.5 Å². The van der Waals surface area contributed by atoms with Crippen molar-refractivity contribution >= 4 is 27.6 Å². The summed E-state index contributed by atoms with van der Waals surface area (Å²) in [6, 6.07) is 3.10. The van der Waals surface area contributed by atoms with Gasteiger partial charge in [0.25, 0.3) is 5.91 Å². The third-order valence-corrected chi connectivity index (χ3v) is 7.97. The SMILES string of the molecule is CN1C(N)=N[C@@]2(c3cc(NC(=O)c4cnc(C(F)(F)F)cn4)ccc3F)CO[C@H](CF)[C@H]2S1(=O)=O. The topological polar surface area (TPSA) is 140 Å². The number of amides is 1. The Balaban J connectivity index is 1.72. The van der Waals surface area contributed by atoms with Crippen molar-refractivity contribution in [2.75, 3.05) is 25.6 Å². The number of guanidine groups is 1. The number of hydrogen-bond donors (Lipinski definition) is 2. The third kappa shape index (κ3) is 4.05. The molecule has 0 radical (unpaired) electrons. The minimum Gasteiger partial charge on any atom is -0.371 e. The third-order valence-electron chi connectivity index (χ3n) is 5.68. The van der Waals surface area contributed by atoms with Crippen LogP contribution in [0.4, 0.5) is 27.6 Å². The molecule has 2 aromatic rings. The normalized spacial score (nSPS) is 25.7. The fourth-order valence-corrected chi connectivity index (χ4v) is 5.88. The van der Waals surface area contributed by atoms with E-state index in [9.17, 15) is 30.8 Å². The van der Waals surface area contributed by atoms with Gasteiger partial charge in [-0.05, 0) is 18.2 Å². The van der Waals surface area contributed by atoms with E-state index in [1.165, 1.54) is 0 Å². The van der Waals surface area contributed by atoms with Crippen molar-refractivity contribution in [2.45, 2.75) is 23.1 Å². The molecule has 0 aliphatic carbocycles. The first-order valence-electron chi connectivity index (χ1n) is 9.82. The summed E-state index contributed by atoms with van der Waals surface area (Å²) in [5, 5.41) is 0.668. The zero-order valence-electron chi connectivity index (χ0n) is 17.8. The van der Waals surface area contributed by atoms with Crippen molar-refractivity contribution in [2.24, 2.45) is 10.7 Å². The van der Waals surface area contributed by atoms with Crippen molar-refractivity contribution in [1.29, 1.82) is 0 Å². The molecule has 4 rings (SSSR count). The van der Waals surface area contributed by atoms with Crippen LogP contribution in [0.3, 0.4) is 0 Å². The molecule has 3 heterocycles. The lowest BCUT2D eigenvalue weighted by molar-refractivity contribution is -0.141. The number of sulfonamides is 1. The van der Waals surface area contributed by atoms with Crippen LogP contribution in [0.2, 0.25) is 0 Å². The molecule has 10 nitrogen and oxygen atoms in total. The highest BCUT2D eigenvalue weighted by Crippen LogP contribution is 2.46. The summed E-state index contributed by atoms with van der Waals surface area (Å²) in [5.74, 6) is -2.37. The molecule has 1 fully saturated rings. The molecule has 0 saturated carbocycles. The minimum atomic E-state index is -4.75. The van der Waals surface area contributed by atoms with E-state index in [4.69, 9.17) is 10.5 Å². The maximum Gasteiger partial charge on any atom is 0.434 e. The van der Waals surface area contributed by atoms with E-state index in [1.807, 2.05) is 0 Å². The summed E-state index contributed by atoms with van der Waals surface area (Å²) < 4.78 is 98.7. The Bertz CT molecular complexity index is 1300. The summed E-state index contributed by atoms with van der Waals surface area (Å²) >= 11 is 0. The highest BCUT2D eigenvalue weighted by atomic mass is 32.2. The molecule has 1 saturated heterocycles. The minimum absolute atomic E-state index is 0.0741. The number of halogens is 5. The van der Waals surface area contributed by atoms with E-state index in [-0.39, 0.29) is 11.3 Å². The summed E-state index contributed by atoms with van der Waals surface area (Å²) in [6.07, 6.45) is -5.22. The Hall–Kier alpha value is -3.40. The van der Waals surface area contributed by atoms with Gasteiger partial charge in [-0.1, -0.05) is 0 Å². The smallest absolute Gasteiger partial charge is 0.371 e. The molecule has 1 aromatic heterocycles.